The lowest BCUT2D eigenvalue weighted by Gasteiger charge is -2.07. The molecule has 0 bridgehead atoms. The standard InChI is InChI=1S/C8H10BNO/c10-5-8-6-3-1-2-4-7(6)9-11-8/h1-4,8-9H,5,10H2/t8-/m1/s1. The second-order valence-corrected chi connectivity index (χ2v) is 2.73. The Morgan fingerprint density at radius 1 is 1.45 bits per heavy atom. The zero-order chi connectivity index (χ0) is 7.68. The lowest BCUT2D eigenvalue weighted by atomic mass is 9.87. The molecule has 0 saturated heterocycles. The van der Waals surface area contributed by atoms with Crippen LogP contribution >= 0.6 is 0 Å². The van der Waals surface area contributed by atoms with E-state index in [9.17, 15) is 0 Å². The van der Waals surface area contributed by atoms with Crippen molar-refractivity contribution in [1.82, 2.24) is 0 Å². The first-order valence-corrected chi connectivity index (χ1v) is 3.81. The fraction of sp³-hybridized carbons (Fsp3) is 0.250. The van der Waals surface area contributed by atoms with E-state index < -0.39 is 0 Å². The summed E-state index contributed by atoms with van der Waals surface area (Å²) in [6.45, 7) is 0.580. The number of fused-ring (bicyclic) bond motifs is 1. The van der Waals surface area contributed by atoms with Crippen LogP contribution in [0.1, 0.15) is 11.7 Å². The van der Waals surface area contributed by atoms with Crippen LogP contribution in [0, 0.1) is 0 Å². The third-order valence-electron chi connectivity index (χ3n) is 2.06. The molecule has 1 aliphatic heterocycles. The quantitative estimate of drug-likeness (QED) is 0.553. The monoisotopic (exact) mass is 147 g/mol. The number of rotatable bonds is 1. The van der Waals surface area contributed by atoms with Crippen LogP contribution in [0.5, 0.6) is 0 Å². The zero-order valence-electron chi connectivity index (χ0n) is 6.29. The van der Waals surface area contributed by atoms with E-state index in [0.29, 0.717) is 6.54 Å². The summed E-state index contributed by atoms with van der Waals surface area (Å²) in [6.07, 6.45) is 0.131. The topological polar surface area (TPSA) is 35.2 Å². The van der Waals surface area contributed by atoms with Crippen molar-refractivity contribution in [2.24, 2.45) is 5.73 Å². The van der Waals surface area contributed by atoms with Gasteiger partial charge in [0.15, 0.2) is 0 Å². The molecule has 0 radical (unpaired) electrons. The van der Waals surface area contributed by atoms with Crippen molar-refractivity contribution >= 4 is 12.9 Å². The maximum absolute atomic E-state index is 5.52. The van der Waals surface area contributed by atoms with Gasteiger partial charge >= 0.3 is 7.48 Å². The smallest absolute Gasteiger partial charge is 0.309 e. The molecule has 0 saturated carbocycles. The molecule has 3 heteroatoms. The van der Waals surface area contributed by atoms with E-state index in [1.165, 1.54) is 11.0 Å². The zero-order valence-corrected chi connectivity index (χ0v) is 6.29. The van der Waals surface area contributed by atoms with Gasteiger partial charge in [0.2, 0.25) is 0 Å². The van der Waals surface area contributed by atoms with Crippen LogP contribution in [0.25, 0.3) is 0 Å². The van der Waals surface area contributed by atoms with E-state index in [4.69, 9.17) is 10.4 Å². The third-order valence-corrected chi connectivity index (χ3v) is 2.06. The van der Waals surface area contributed by atoms with E-state index in [1.807, 2.05) is 12.1 Å². The Balaban J connectivity index is 2.39. The minimum atomic E-state index is 0.131. The molecule has 1 aliphatic rings. The van der Waals surface area contributed by atoms with Gasteiger partial charge in [0, 0.05) is 6.54 Å². The molecule has 0 unspecified atom stereocenters. The summed E-state index contributed by atoms with van der Waals surface area (Å²) < 4.78 is 5.45. The normalized spacial score (nSPS) is 21.0. The molecular weight excluding hydrogens is 137 g/mol. The van der Waals surface area contributed by atoms with E-state index in [0.717, 1.165) is 7.48 Å². The van der Waals surface area contributed by atoms with Crippen LogP contribution in [0.4, 0.5) is 0 Å². The van der Waals surface area contributed by atoms with Gasteiger partial charge in [-0.1, -0.05) is 24.3 Å². The Morgan fingerprint density at radius 2 is 2.27 bits per heavy atom. The minimum Gasteiger partial charge on any atom is -0.426 e. The molecule has 1 atom stereocenters. The Labute approximate surface area is 66.6 Å². The van der Waals surface area contributed by atoms with Crippen molar-refractivity contribution in [2.45, 2.75) is 6.10 Å². The van der Waals surface area contributed by atoms with Gasteiger partial charge in [0.05, 0.1) is 6.10 Å². The van der Waals surface area contributed by atoms with Gasteiger partial charge in [0.25, 0.3) is 0 Å². The van der Waals surface area contributed by atoms with Crippen LogP contribution in [0.3, 0.4) is 0 Å². The number of hydrogen-bond acceptors (Lipinski definition) is 2. The van der Waals surface area contributed by atoms with Crippen LogP contribution in [-0.4, -0.2) is 14.0 Å². The van der Waals surface area contributed by atoms with Gasteiger partial charge in [-0.05, 0) is 11.0 Å². The number of nitrogens with two attached hydrogens (primary N) is 1. The van der Waals surface area contributed by atoms with Crippen molar-refractivity contribution in [2.75, 3.05) is 6.54 Å². The molecule has 0 aromatic heterocycles. The van der Waals surface area contributed by atoms with Gasteiger partial charge in [-0.2, -0.15) is 0 Å². The van der Waals surface area contributed by atoms with Gasteiger partial charge < -0.3 is 10.4 Å². The van der Waals surface area contributed by atoms with E-state index in [1.54, 1.807) is 0 Å². The molecule has 1 heterocycles. The van der Waals surface area contributed by atoms with Gasteiger partial charge in [-0.15, -0.1) is 0 Å². The van der Waals surface area contributed by atoms with Crippen molar-refractivity contribution in [3.8, 4) is 0 Å². The number of benzene rings is 1. The van der Waals surface area contributed by atoms with Crippen LogP contribution in [0.15, 0.2) is 24.3 Å². The molecule has 0 amide bonds. The maximum Gasteiger partial charge on any atom is 0.309 e. The van der Waals surface area contributed by atoms with E-state index >= 15 is 0 Å². The molecule has 1 aromatic carbocycles. The molecule has 11 heavy (non-hydrogen) atoms. The molecule has 56 valence electrons. The summed E-state index contributed by atoms with van der Waals surface area (Å²) in [5.41, 5.74) is 8.06. The Kier molecular flexibility index (Phi) is 1.68. The minimum absolute atomic E-state index is 0.131. The van der Waals surface area contributed by atoms with Crippen LogP contribution in [0.2, 0.25) is 0 Å². The molecule has 2 nitrogen and oxygen atoms in total. The van der Waals surface area contributed by atoms with Crippen LogP contribution < -0.4 is 11.2 Å². The first-order chi connectivity index (χ1) is 5.42. The summed E-state index contributed by atoms with van der Waals surface area (Å²) in [7, 11) is 0.720. The molecule has 0 fully saturated rings. The highest BCUT2D eigenvalue weighted by Gasteiger charge is 2.21. The average molecular weight is 147 g/mol. The highest BCUT2D eigenvalue weighted by molar-refractivity contribution is 6.49. The van der Waals surface area contributed by atoms with E-state index in [-0.39, 0.29) is 6.10 Å². The SMILES string of the molecule is NC[C@H]1OBc2ccccc21. The lowest BCUT2D eigenvalue weighted by molar-refractivity contribution is 0.243. The second kappa shape index (κ2) is 2.68. The Morgan fingerprint density at radius 3 is 3.09 bits per heavy atom. The molecular formula is C8H10BNO. The summed E-state index contributed by atoms with van der Waals surface area (Å²) in [6, 6.07) is 8.22. The summed E-state index contributed by atoms with van der Waals surface area (Å²) in [5.74, 6) is 0. The predicted molar refractivity (Wildman–Crippen MR) is 46.1 cm³/mol. The van der Waals surface area contributed by atoms with Crippen molar-refractivity contribution in [1.29, 1.82) is 0 Å². The first-order valence-electron chi connectivity index (χ1n) is 3.81. The highest BCUT2D eigenvalue weighted by atomic mass is 16.4. The first kappa shape index (κ1) is 6.89. The van der Waals surface area contributed by atoms with Gasteiger partial charge in [-0.3, -0.25) is 0 Å². The largest absolute Gasteiger partial charge is 0.426 e. The lowest BCUT2D eigenvalue weighted by Crippen LogP contribution is -2.12. The average Bonchev–Trinajstić information content (AvgIpc) is 2.47. The molecule has 1 aromatic rings. The number of hydrogen-bond donors (Lipinski definition) is 1. The highest BCUT2D eigenvalue weighted by Crippen LogP contribution is 2.18. The molecule has 2 N–H and O–H groups in total. The Hall–Kier alpha value is -0.795. The molecule has 0 aliphatic carbocycles. The fourth-order valence-corrected chi connectivity index (χ4v) is 1.45. The van der Waals surface area contributed by atoms with Crippen LogP contribution in [-0.2, 0) is 4.65 Å². The van der Waals surface area contributed by atoms with E-state index in [2.05, 4.69) is 12.1 Å². The summed E-state index contributed by atoms with van der Waals surface area (Å²) >= 11 is 0. The maximum atomic E-state index is 5.52. The van der Waals surface area contributed by atoms with Crippen molar-refractivity contribution in [3.05, 3.63) is 29.8 Å². The Bertz CT molecular complexity index is 264. The summed E-state index contributed by atoms with van der Waals surface area (Å²) in [5, 5.41) is 0. The second-order valence-electron chi connectivity index (χ2n) is 2.73. The van der Waals surface area contributed by atoms with Gasteiger partial charge in [0.1, 0.15) is 0 Å². The van der Waals surface area contributed by atoms with Gasteiger partial charge in [-0.25, -0.2) is 0 Å². The predicted octanol–water partition coefficient (Wildman–Crippen LogP) is -0.307. The fourth-order valence-electron chi connectivity index (χ4n) is 1.45. The van der Waals surface area contributed by atoms with Crippen molar-refractivity contribution in [3.63, 3.8) is 0 Å². The third kappa shape index (κ3) is 1.06. The molecule has 2 rings (SSSR count). The summed E-state index contributed by atoms with van der Waals surface area (Å²) in [4.78, 5) is 0. The van der Waals surface area contributed by atoms with Crippen molar-refractivity contribution < 1.29 is 4.65 Å². The molecule has 0 spiro atoms.